The van der Waals surface area contributed by atoms with E-state index in [4.69, 9.17) is 9.47 Å². The minimum absolute atomic E-state index is 0.166. The molecule has 0 unspecified atom stereocenters. The molecule has 0 N–H and O–H groups in total. The molecule has 3 rings (SSSR count). The Kier molecular flexibility index (Phi) is 7.06. The number of carbonyl (C=O) groups excluding carboxylic acids is 2. The lowest BCUT2D eigenvalue weighted by Crippen LogP contribution is -2.49. The molecule has 6 nitrogen and oxygen atoms in total. The molecule has 0 radical (unpaired) electrons. The molecule has 1 saturated heterocycles. The highest BCUT2D eigenvalue weighted by Gasteiger charge is 2.22. The first-order valence-electron chi connectivity index (χ1n) is 9.11. The Labute approximate surface area is 173 Å². The van der Waals surface area contributed by atoms with Gasteiger partial charge in [0.2, 0.25) is 0 Å². The number of carbonyl (C=O) groups is 2. The van der Waals surface area contributed by atoms with E-state index in [-0.39, 0.29) is 12.5 Å². The maximum atomic E-state index is 12.4. The van der Waals surface area contributed by atoms with Crippen LogP contribution in [-0.2, 0) is 16.1 Å². The van der Waals surface area contributed by atoms with Crippen LogP contribution in [0.1, 0.15) is 15.9 Å². The molecule has 0 bridgehead atoms. The average molecular weight is 447 g/mol. The van der Waals surface area contributed by atoms with E-state index in [0.29, 0.717) is 28.9 Å². The number of methoxy groups -OCH3 is 1. The number of piperazine rings is 1. The van der Waals surface area contributed by atoms with Gasteiger partial charge in [-0.2, -0.15) is 0 Å². The fourth-order valence-electron chi connectivity index (χ4n) is 3.09. The SMILES string of the molecule is COc1ccc(C(=O)OCC(=O)N2CCN(Cc3ccccc3)CC2)cc1Br. The van der Waals surface area contributed by atoms with Gasteiger partial charge in [0.05, 0.1) is 17.1 Å². The number of nitrogens with zero attached hydrogens (tertiary/aromatic N) is 2. The number of benzene rings is 2. The van der Waals surface area contributed by atoms with Gasteiger partial charge in [0.15, 0.2) is 6.61 Å². The van der Waals surface area contributed by atoms with Gasteiger partial charge in [0.1, 0.15) is 5.75 Å². The van der Waals surface area contributed by atoms with Crippen molar-refractivity contribution in [2.45, 2.75) is 6.54 Å². The van der Waals surface area contributed by atoms with Crippen LogP contribution in [-0.4, -0.2) is 61.6 Å². The van der Waals surface area contributed by atoms with E-state index in [1.807, 2.05) is 18.2 Å². The van der Waals surface area contributed by atoms with Crippen molar-refractivity contribution in [1.29, 1.82) is 0 Å². The molecule has 0 aromatic heterocycles. The summed E-state index contributed by atoms with van der Waals surface area (Å²) in [5.41, 5.74) is 1.63. The molecular formula is C21H23BrN2O4. The molecule has 0 saturated carbocycles. The van der Waals surface area contributed by atoms with Gasteiger partial charge in [-0.05, 0) is 39.7 Å². The number of hydrogen-bond donors (Lipinski definition) is 0. The highest BCUT2D eigenvalue weighted by molar-refractivity contribution is 9.10. The molecule has 28 heavy (non-hydrogen) atoms. The fourth-order valence-corrected chi connectivity index (χ4v) is 3.63. The molecular weight excluding hydrogens is 424 g/mol. The van der Waals surface area contributed by atoms with Crippen LogP contribution in [0.3, 0.4) is 0 Å². The molecule has 148 valence electrons. The lowest BCUT2D eigenvalue weighted by atomic mass is 10.2. The summed E-state index contributed by atoms with van der Waals surface area (Å²) < 4.78 is 11.0. The van der Waals surface area contributed by atoms with Gasteiger partial charge in [0, 0.05) is 32.7 Å². The fraction of sp³-hybridized carbons (Fsp3) is 0.333. The van der Waals surface area contributed by atoms with E-state index in [9.17, 15) is 9.59 Å². The Bertz CT molecular complexity index is 820. The summed E-state index contributed by atoms with van der Waals surface area (Å²) in [5, 5.41) is 0. The van der Waals surface area contributed by atoms with Crippen molar-refractivity contribution in [3.8, 4) is 5.75 Å². The summed E-state index contributed by atoms with van der Waals surface area (Å²) in [5.74, 6) is -0.0688. The molecule has 2 aromatic carbocycles. The first-order chi connectivity index (χ1) is 13.6. The molecule has 1 amide bonds. The number of hydrogen-bond acceptors (Lipinski definition) is 5. The van der Waals surface area contributed by atoms with Crippen LogP contribution in [0.15, 0.2) is 53.0 Å². The highest BCUT2D eigenvalue weighted by atomic mass is 79.9. The summed E-state index contributed by atoms with van der Waals surface area (Å²) in [6, 6.07) is 15.2. The van der Waals surface area contributed by atoms with Crippen LogP contribution in [0.5, 0.6) is 5.75 Å². The third-order valence-corrected chi connectivity index (χ3v) is 5.31. The molecule has 1 aliphatic rings. The maximum Gasteiger partial charge on any atom is 0.338 e. The molecule has 1 fully saturated rings. The molecule has 2 aromatic rings. The van der Waals surface area contributed by atoms with Crippen molar-refractivity contribution in [3.63, 3.8) is 0 Å². The zero-order valence-corrected chi connectivity index (χ0v) is 17.4. The van der Waals surface area contributed by atoms with Crippen LogP contribution in [0.25, 0.3) is 0 Å². The first-order valence-corrected chi connectivity index (χ1v) is 9.91. The Balaban J connectivity index is 1.44. The van der Waals surface area contributed by atoms with Crippen molar-refractivity contribution >= 4 is 27.8 Å². The van der Waals surface area contributed by atoms with Crippen molar-refractivity contribution in [3.05, 3.63) is 64.1 Å². The Morgan fingerprint density at radius 2 is 1.75 bits per heavy atom. The Morgan fingerprint density at radius 3 is 2.39 bits per heavy atom. The second-order valence-corrected chi connectivity index (χ2v) is 7.42. The van der Waals surface area contributed by atoms with Crippen molar-refractivity contribution in [1.82, 2.24) is 9.80 Å². The Hall–Kier alpha value is -2.38. The van der Waals surface area contributed by atoms with Gasteiger partial charge < -0.3 is 14.4 Å². The van der Waals surface area contributed by atoms with Crippen molar-refractivity contribution in [2.75, 3.05) is 39.9 Å². The third kappa shape index (κ3) is 5.33. The highest BCUT2D eigenvalue weighted by Crippen LogP contribution is 2.25. The van der Waals surface area contributed by atoms with Crippen LogP contribution < -0.4 is 4.74 Å². The van der Waals surface area contributed by atoms with E-state index in [1.54, 1.807) is 30.2 Å². The van der Waals surface area contributed by atoms with E-state index in [2.05, 4.69) is 33.0 Å². The number of amides is 1. The lowest BCUT2D eigenvalue weighted by molar-refractivity contribution is -0.136. The first kappa shape index (κ1) is 20.4. The zero-order chi connectivity index (χ0) is 19.9. The summed E-state index contributed by atoms with van der Waals surface area (Å²) in [4.78, 5) is 28.6. The molecule has 0 aliphatic carbocycles. The monoisotopic (exact) mass is 446 g/mol. The predicted octanol–water partition coefficient (Wildman–Crippen LogP) is 2.96. The second kappa shape index (κ2) is 9.71. The minimum atomic E-state index is -0.528. The van der Waals surface area contributed by atoms with Gasteiger partial charge in [-0.1, -0.05) is 30.3 Å². The van der Waals surface area contributed by atoms with Gasteiger partial charge >= 0.3 is 5.97 Å². The number of ether oxygens (including phenoxy) is 2. The molecule has 1 aliphatic heterocycles. The predicted molar refractivity (Wildman–Crippen MR) is 109 cm³/mol. The molecule has 1 heterocycles. The Morgan fingerprint density at radius 1 is 1.04 bits per heavy atom. The van der Waals surface area contributed by atoms with E-state index in [1.165, 1.54) is 5.56 Å². The third-order valence-electron chi connectivity index (χ3n) is 4.69. The quantitative estimate of drug-likeness (QED) is 0.638. The van der Waals surface area contributed by atoms with Gasteiger partial charge in [-0.25, -0.2) is 4.79 Å². The molecule has 0 spiro atoms. The van der Waals surface area contributed by atoms with Crippen LogP contribution in [0.4, 0.5) is 0 Å². The molecule has 0 atom stereocenters. The molecule has 7 heteroatoms. The standard InChI is InChI=1S/C21H23BrN2O4/c1-27-19-8-7-17(13-18(19)22)21(26)28-15-20(25)24-11-9-23(10-12-24)14-16-5-3-2-4-6-16/h2-8,13H,9-12,14-15H2,1H3. The van der Waals surface area contributed by atoms with Gasteiger partial charge in [0.25, 0.3) is 5.91 Å². The summed E-state index contributed by atoms with van der Waals surface area (Å²) in [6.45, 7) is 3.51. The number of rotatable bonds is 6. The minimum Gasteiger partial charge on any atom is -0.496 e. The van der Waals surface area contributed by atoms with Crippen molar-refractivity contribution in [2.24, 2.45) is 0 Å². The summed E-state index contributed by atoms with van der Waals surface area (Å²) in [6.07, 6.45) is 0. The smallest absolute Gasteiger partial charge is 0.338 e. The normalized spacial score (nSPS) is 14.6. The summed E-state index contributed by atoms with van der Waals surface area (Å²) in [7, 11) is 1.55. The van der Waals surface area contributed by atoms with E-state index >= 15 is 0 Å². The van der Waals surface area contributed by atoms with E-state index < -0.39 is 5.97 Å². The average Bonchev–Trinajstić information content (AvgIpc) is 2.73. The van der Waals surface area contributed by atoms with Crippen LogP contribution in [0.2, 0.25) is 0 Å². The van der Waals surface area contributed by atoms with Crippen LogP contribution >= 0.6 is 15.9 Å². The van der Waals surface area contributed by atoms with E-state index in [0.717, 1.165) is 19.6 Å². The lowest BCUT2D eigenvalue weighted by Gasteiger charge is -2.34. The van der Waals surface area contributed by atoms with Gasteiger partial charge in [-0.3, -0.25) is 9.69 Å². The number of esters is 1. The topological polar surface area (TPSA) is 59.1 Å². The van der Waals surface area contributed by atoms with Crippen molar-refractivity contribution < 1.29 is 19.1 Å². The number of halogens is 1. The second-order valence-electron chi connectivity index (χ2n) is 6.57. The van der Waals surface area contributed by atoms with Gasteiger partial charge in [-0.15, -0.1) is 0 Å². The van der Waals surface area contributed by atoms with Crippen LogP contribution in [0, 0.1) is 0 Å². The largest absolute Gasteiger partial charge is 0.496 e. The maximum absolute atomic E-state index is 12.4. The summed E-state index contributed by atoms with van der Waals surface area (Å²) >= 11 is 3.33. The zero-order valence-electron chi connectivity index (χ0n) is 15.8.